The van der Waals surface area contributed by atoms with Gasteiger partial charge >= 0.3 is 0 Å². The first-order valence-corrected chi connectivity index (χ1v) is 8.84. The molecule has 3 heteroatoms. The Bertz CT molecular complexity index is 1010. The number of nitrogens with zero attached hydrogens (tertiary/aromatic N) is 2. The Morgan fingerprint density at radius 3 is 2.36 bits per heavy atom. The van der Waals surface area contributed by atoms with Crippen molar-refractivity contribution in [3.8, 4) is 0 Å². The monoisotopic (exact) mass is 330 g/mol. The Morgan fingerprint density at radius 2 is 1.56 bits per heavy atom. The quantitative estimate of drug-likeness (QED) is 0.603. The molecular formula is C22H22N2O. The number of rotatable bonds is 1. The zero-order valence-electron chi connectivity index (χ0n) is 15.1. The van der Waals surface area contributed by atoms with Gasteiger partial charge in [0.1, 0.15) is 0 Å². The van der Waals surface area contributed by atoms with Gasteiger partial charge in [-0.3, -0.25) is 9.82 Å². The first kappa shape index (κ1) is 15.1. The molecule has 126 valence electrons. The maximum atomic E-state index is 6.37. The van der Waals surface area contributed by atoms with E-state index in [1.54, 1.807) is 0 Å². The number of aromatic nitrogens is 1. The van der Waals surface area contributed by atoms with Crippen LogP contribution in [0.25, 0.3) is 10.9 Å². The van der Waals surface area contributed by atoms with Crippen molar-refractivity contribution in [2.45, 2.75) is 44.4 Å². The van der Waals surface area contributed by atoms with Crippen LogP contribution >= 0.6 is 0 Å². The molecule has 3 heterocycles. The molecule has 2 unspecified atom stereocenters. The summed E-state index contributed by atoms with van der Waals surface area (Å²) in [7, 11) is 0. The number of hydrogen-bond donors (Lipinski definition) is 0. The number of para-hydroxylation sites is 1. The average molecular weight is 330 g/mol. The molecule has 3 nitrogen and oxygen atoms in total. The van der Waals surface area contributed by atoms with Crippen LogP contribution in [0.2, 0.25) is 0 Å². The van der Waals surface area contributed by atoms with E-state index in [0.717, 1.165) is 16.5 Å². The highest BCUT2D eigenvalue weighted by molar-refractivity contribution is 5.79. The van der Waals surface area contributed by atoms with E-state index in [4.69, 9.17) is 4.84 Å². The minimum absolute atomic E-state index is 0.0200. The van der Waals surface area contributed by atoms with Gasteiger partial charge in [-0.2, -0.15) is 0 Å². The molecule has 0 radical (unpaired) electrons. The van der Waals surface area contributed by atoms with Crippen LogP contribution in [-0.4, -0.2) is 15.6 Å². The first-order chi connectivity index (χ1) is 11.9. The molecule has 0 saturated carbocycles. The molecule has 1 saturated heterocycles. The van der Waals surface area contributed by atoms with Crippen molar-refractivity contribution in [1.82, 2.24) is 10.0 Å². The fraction of sp³-hybridized carbons (Fsp3) is 0.318. The van der Waals surface area contributed by atoms with Gasteiger partial charge in [0.05, 0.1) is 11.1 Å². The van der Waals surface area contributed by atoms with Crippen LogP contribution in [0.1, 0.15) is 44.4 Å². The van der Waals surface area contributed by atoms with Crippen molar-refractivity contribution < 1.29 is 4.84 Å². The van der Waals surface area contributed by atoms with Gasteiger partial charge in [-0.25, -0.2) is 0 Å². The van der Waals surface area contributed by atoms with Gasteiger partial charge in [0.15, 0.2) is 0 Å². The molecule has 25 heavy (non-hydrogen) atoms. The van der Waals surface area contributed by atoms with Crippen molar-refractivity contribution in [3.63, 3.8) is 0 Å². The highest BCUT2D eigenvalue weighted by Gasteiger charge is 2.71. The molecule has 2 aliphatic heterocycles. The number of hydroxylamine groups is 2. The Hall–Kier alpha value is -2.23. The van der Waals surface area contributed by atoms with Crippen LogP contribution < -0.4 is 0 Å². The van der Waals surface area contributed by atoms with Gasteiger partial charge < -0.3 is 0 Å². The molecule has 0 aliphatic carbocycles. The van der Waals surface area contributed by atoms with Crippen LogP contribution in [0.5, 0.6) is 0 Å². The van der Waals surface area contributed by atoms with E-state index in [9.17, 15) is 0 Å². The van der Waals surface area contributed by atoms with E-state index in [1.165, 1.54) is 11.1 Å². The Morgan fingerprint density at radius 1 is 0.880 bits per heavy atom. The summed E-state index contributed by atoms with van der Waals surface area (Å²) in [5.41, 5.74) is 4.02. The van der Waals surface area contributed by atoms with Gasteiger partial charge in [0.25, 0.3) is 0 Å². The highest BCUT2D eigenvalue weighted by Crippen LogP contribution is 2.64. The van der Waals surface area contributed by atoms with Crippen LogP contribution in [0.15, 0.2) is 60.8 Å². The normalized spacial score (nSPS) is 28.2. The van der Waals surface area contributed by atoms with Crippen molar-refractivity contribution >= 4 is 10.9 Å². The fourth-order valence-corrected chi connectivity index (χ4v) is 4.27. The zero-order valence-corrected chi connectivity index (χ0v) is 15.1. The lowest BCUT2D eigenvalue weighted by Gasteiger charge is -2.47. The first-order valence-electron chi connectivity index (χ1n) is 8.84. The smallest absolute Gasteiger partial charge is 0.218 e. The Kier molecular flexibility index (Phi) is 2.70. The summed E-state index contributed by atoms with van der Waals surface area (Å²) < 4.78 is 0. The molecule has 5 rings (SSSR count). The lowest BCUT2D eigenvalue weighted by molar-refractivity contribution is 0.0326. The SMILES string of the molecule is CC1(C)c2ccccc2C2(c3cnc4ccccc4c3)ON2C1(C)C. The second-order valence-corrected chi connectivity index (χ2v) is 8.18. The number of hydrogen-bond acceptors (Lipinski definition) is 3. The van der Waals surface area contributed by atoms with E-state index >= 15 is 0 Å². The lowest BCUT2D eigenvalue weighted by atomic mass is 9.64. The molecule has 1 aromatic heterocycles. The molecule has 2 aliphatic rings. The second kappa shape index (κ2) is 4.48. The topological polar surface area (TPSA) is 28.4 Å². The molecular weight excluding hydrogens is 308 g/mol. The van der Waals surface area contributed by atoms with Crippen molar-refractivity contribution in [2.24, 2.45) is 0 Å². The third kappa shape index (κ3) is 1.70. The van der Waals surface area contributed by atoms with Crippen LogP contribution in [-0.2, 0) is 16.0 Å². The highest BCUT2D eigenvalue weighted by atomic mass is 16.9. The van der Waals surface area contributed by atoms with Crippen molar-refractivity contribution in [3.05, 3.63) is 77.5 Å². The van der Waals surface area contributed by atoms with Crippen molar-refractivity contribution in [2.75, 3.05) is 0 Å². The minimum atomic E-state index is -0.521. The maximum Gasteiger partial charge on any atom is 0.218 e. The number of pyridine rings is 1. The molecule has 1 fully saturated rings. The Balaban J connectivity index is 1.78. The van der Waals surface area contributed by atoms with Crippen LogP contribution in [0.3, 0.4) is 0 Å². The molecule has 3 aromatic rings. The minimum Gasteiger partial charge on any atom is -0.260 e. The second-order valence-electron chi connectivity index (χ2n) is 8.18. The summed E-state index contributed by atoms with van der Waals surface area (Å²) in [4.78, 5) is 11.0. The molecule has 0 bridgehead atoms. The third-order valence-corrected chi connectivity index (χ3v) is 6.46. The predicted molar refractivity (Wildman–Crippen MR) is 99.0 cm³/mol. The van der Waals surface area contributed by atoms with Crippen molar-refractivity contribution in [1.29, 1.82) is 0 Å². The summed E-state index contributed by atoms with van der Waals surface area (Å²) in [6.45, 7) is 9.13. The Labute approximate surface area is 148 Å². The summed E-state index contributed by atoms with van der Waals surface area (Å²) in [6, 6.07) is 19.1. The maximum absolute atomic E-state index is 6.37. The molecule has 2 atom stereocenters. The predicted octanol–water partition coefficient (Wildman–Crippen LogP) is 4.75. The summed E-state index contributed by atoms with van der Waals surface area (Å²) >= 11 is 0. The van der Waals surface area contributed by atoms with E-state index in [1.807, 2.05) is 18.3 Å². The molecule has 2 aromatic carbocycles. The summed E-state index contributed by atoms with van der Waals surface area (Å²) in [5, 5.41) is 3.30. The molecule has 0 N–H and O–H groups in total. The van der Waals surface area contributed by atoms with Gasteiger partial charge in [0.2, 0.25) is 5.72 Å². The van der Waals surface area contributed by atoms with Gasteiger partial charge in [-0.15, -0.1) is 5.06 Å². The van der Waals surface area contributed by atoms with Gasteiger partial charge in [0, 0.05) is 28.1 Å². The summed E-state index contributed by atoms with van der Waals surface area (Å²) in [5.74, 6) is 0. The third-order valence-electron chi connectivity index (χ3n) is 6.46. The van der Waals surface area contributed by atoms with E-state index in [-0.39, 0.29) is 11.0 Å². The standard InChI is InChI=1S/C22H22N2O/c1-20(2)17-10-6-7-11-18(17)22(24(25-22)21(20,3)4)16-13-15-9-5-8-12-19(15)23-14-16/h5-14H,1-4H3. The van der Waals surface area contributed by atoms with Crippen LogP contribution in [0, 0.1) is 0 Å². The van der Waals surface area contributed by atoms with Gasteiger partial charge in [-0.05, 0) is 31.5 Å². The van der Waals surface area contributed by atoms with Crippen LogP contribution in [0.4, 0.5) is 0 Å². The van der Waals surface area contributed by atoms with E-state index in [0.29, 0.717) is 0 Å². The number of fused-ring (bicyclic) bond motifs is 4. The van der Waals surface area contributed by atoms with E-state index < -0.39 is 5.72 Å². The summed E-state index contributed by atoms with van der Waals surface area (Å²) in [6.07, 6.45) is 1.97. The zero-order chi connectivity index (χ0) is 17.4. The average Bonchev–Trinajstić information content (AvgIpc) is 3.38. The molecule has 0 amide bonds. The largest absolute Gasteiger partial charge is 0.260 e. The fourth-order valence-electron chi connectivity index (χ4n) is 4.27. The lowest BCUT2D eigenvalue weighted by Crippen LogP contribution is -2.54. The molecule has 0 spiro atoms. The van der Waals surface area contributed by atoms with E-state index in [2.05, 4.69) is 80.2 Å². The van der Waals surface area contributed by atoms with Gasteiger partial charge in [-0.1, -0.05) is 56.3 Å². The number of benzene rings is 2.